The van der Waals surface area contributed by atoms with Crippen LogP contribution in [-0.2, 0) is 0 Å². The largest absolute Gasteiger partial charge is 0.298 e. The molecule has 0 unspecified atom stereocenters. The van der Waals surface area contributed by atoms with E-state index in [1.54, 1.807) is 70.5 Å². The number of nitriles is 2. The summed E-state index contributed by atoms with van der Waals surface area (Å²) in [5.41, 5.74) is 5.24. The van der Waals surface area contributed by atoms with Gasteiger partial charge in [-0.1, -0.05) is 24.3 Å². The van der Waals surface area contributed by atoms with Gasteiger partial charge in [0.15, 0.2) is 0 Å². The minimum Gasteiger partial charge on any atom is -0.298 e. The fourth-order valence-electron chi connectivity index (χ4n) is 4.55. The molecule has 2 aliphatic carbocycles. The van der Waals surface area contributed by atoms with Gasteiger partial charge in [-0.3, -0.25) is 10.8 Å². The molecule has 5 rings (SSSR count). The minimum absolute atomic E-state index is 0.172. The van der Waals surface area contributed by atoms with Gasteiger partial charge in [0.1, 0.15) is 0 Å². The predicted molar refractivity (Wildman–Crippen MR) is 190 cm³/mol. The molecular weight excluding hydrogens is 629 g/mol. The van der Waals surface area contributed by atoms with Crippen LogP contribution < -0.4 is 0 Å². The lowest BCUT2D eigenvalue weighted by Crippen LogP contribution is -2.16. The molecule has 2 N–H and O–H groups in total. The highest BCUT2D eigenvalue weighted by Gasteiger charge is 2.20. The van der Waals surface area contributed by atoms with Crippen LogP contribution in [0.4, 0.5) is 0 Å². The van der Waals surface area contributed by atoms with Gasteiger partial charge in [0.05, 0.1) is 46.1 Å². The Balaban J connectivity index is 1.42. The van der Waals surface area contributed by atoms with Crippen molar-refractivity contribution in [2.24, 2.45) is 8.80 Å². The van der Waals surface area contributed by atoms with Crippen molar-refractivity contribution < 1.29 is 0 Å². The summed E-state index contributed by atoms with van der Waals surface area (Å²) in [5.74, 6) is 0. The Bertz CT molecular complexity index is 1880. The fourth-order valence-corrected chi connectivity index (χ4v) is 8.47. The van der Waals surface area contributed by atoms with E-state index in [1.807, 2.05) is 12.2 Å². The van der Waals surface area contributed by atoms with Crippen LogP contribution in [0.25, 0.3) is 31.7 Å². The Labute approximate surface area is 272 Å². The summed E-state index contributed by atoms with van der Waals surface area (Å²) in [5, 5.41) is 36.5. The van der Waals surface area contributed by atoms with E-state index in [9.17, 15) is 10.5 Å². The molecule has 11 heteroatoms. The van der Waals surface area contributed by atoms with E-state index in [0.717, 1.165) is 40.4 Å². The fraction of sp³-hybridized carbons (Fsp3) is 0.0625. The second kappa shape index (κ2) is 13.0. The highest BCUT2D eigenvalue weighted by Crippen LogP contribution is 2.44. The van der Waals surface area contributed by atoms with E-state index >= 15 is 0 Å². The predicted octanol–water partition coefficient (Wildman–Crippen LogP) is 9.24. The first kappa shape index (κ1) is 30.4. The summed E-state index contributed by atoms with van der Waals surface area (Å²) >= 11 is 12.8. The SMILES string of the molecule is Cc1cc(/C=C(\C#N)C2=CC=C/C(=N/S)C2=N)sc1-c1ccc(-c2sc(/C=C(\C#N)C3=CC=C/C(=N/S)C3=N)cc2C)s1. The summed E-state index contributed by atoms with van der Waals surface area (Å²) in [4.78, 5) is 6.37. The van der Waals surface area contributed by atoms with Gasteiger partial charge < -0.3 is 0 Å². The van der Waals surface area contributed by atoms with Crippen LogP contribution in [-0.4, -0.2) is 22.8 Å². The van der Waals surface area contributed by atoms with Gasteiger partial charge in [-0.25, -0.2) is 8.80 Å². The smallest absolute Gasteiger partial charge is 0.0999 e. The number of allylic oxidation sites excluding steroid dienone is 10. The lowest BCUT2D eigenvalue weighted by atomic mass is 9.94. The molecule has 3 aromatic heterocycles. The topological polar surface area (TPSA) is 120 Å². The number of thiophene rings is 3. The van der Waals surface area contributed by atoms with Crippen molar-refractivity contribution in [3.05, 3.63) is 104 Å². The number of thiol groups is 2. The lowest BCUT2D eigenvalue weighted by molar-refractivity contribution is 1.45. The first-order valence-electron chi connectivity index (χ1n) is 12.7. The van der Waals surface area contributed by atoms with Gasteiger partial charge in [0.2, 0.25) is 0 Å². The van der Waals surface area contributed by atoms with Gasteiger partial charge in [-0.2, -0.15) is 10.5 Å². The average Bonchev–Trinajstić information content (AvgIpc) is 3.73. The van der Waals surface area contributed by atoms with Crippen LogP contribution >= 0.6 is 59.6 Å². The molecule has 0 saturated heterocycles. The maximum Gasteiger partial charge on any atom is 0.0999 e. The highest BCUT2D eigenvalue weighted by molar-refractivity contribution is 7.79. The normalized spacial score (nSPS) is 17.3. The molecule has 0 bridgehead atoms. The van der Waals surface area contributed by atoms with Crippen LogP contribution in [0.2, 0.25) is 0 Å². The summed E-state index contributed by atoms with van der Waals surface area (Å²) in [7, 11) is 0. The summed E-state index contributed by atoms with van der Waals surface area (Å²) in [6.07, 6.45) is 14.1. The molecule has 6 nitrogen and oxygen atoms in total. The van der Waals surface area contributed by atoms with Crippen molar-refractivity contribution >= 4 is 94.6 Å². The van der Waals surface area contributed by atoms with E-state index in [-0.39, 0.29) is 11.4 Å². The molecule has 0 aliphatic heterocycles. The van der Waals surface area contributed by atoms with Crippen molar-refractivity contribution in [2.75, 3.05) is 0 Å². The van der Waals surface area contributed by atoms with Gasteiger partial charge in [-0.05, 0) is 99.2 Å². The molecule has 0 spiro atoms. The van der Waals surface area contributed by atoms with E-state index in [2.05, 4.69) is 84.7 Å². The molecule has 3 heterocycles. The Morgan fingerprint density at radius 3 is 1.53 bits per heavy atom. The number of nitrogens with one attached hydrogen (secondary N) is 2. The zero-order valence-electron chi connectivity index (χ0n) is 22.8. The summed E-state index contributed by atoms with van der Waals surface area (Å²) in [6, 6.07) is 12.8. The Morgan fingerprint density at radius 1 is 0.744 bits per heavy atom. The van der Waals surface area contributed by atoms with Crippen molar-refractivity contribution in [1.82, 2.24) is 0 Å². The molecule has 0 radical (unpaired) electrons. The zero-order valence-corrected chi connectivity index (χ0v) is 27.1. The summed E-state index contributed by atoms with van der Waals surface area (Å²) < 4.78 is 7.67. The number of rotatable bonds is 6. The van der Waals surface area contributed by atoms with Gasteiger partial charge in [0, 0.05) is 40.4 Å². The van der Waals surface area contributed by atoms with Gasteiger partial charge in [0.25, 0.3) is 0 Å². The van der Waals surface area contributed by atoms with Crippen LogP contribution in [0.1, 0.15) is 20.9 Å². The van der Waals surface area contributed by atoms with Crippen molar-refractivity contribution in [3.8, 4) is 31.6 Å². The van der Waals surface area contributed by atoms with Crippen LogP contribution in [0.5, 0.6) is 0 Å². The Kier molecular flexibility index (Phi) is 9.21. The standard InChI is InChI=1S/C32H22N6S5/c1-17-11-21(13-19(15-33)23-5-3-7-25(37-39)29(23)35)41-31(17)27-9-10-28(43-27)32-18(2)12-22(42-32)14-20(16-34)24-6-4-8-26(38-40)30(24)36/h3-14,35-36,39-40H,1-2H3/b19-13+,20-14+,35-29?,36-30?,37-25-,38-26-. The van der Waals surface area contributed by atoms with Crippen molar-refractivity contribution in [3.63, 3.8) is 0 Å². The van der Waals surface area contributed by atoms with Gasteiger partial charge >= 0.3 is 0 Å². The monoisotopic (exact) mass is 650 g/mol. The third-order valence-electron chi connectivity index (χ3n) is 6.62. The molecule has 2 aliphatic rings. The van der Waals surface area contributed by atoms with Crippen LogP contribution in [0.3, 0.4) is 0 Å². The van der Waals surface area contributed by atoms with Gasteiger partial charge in [-0.15, -0.1) is 34.0 Å². The second-order valence-corrected chi connectivity index (χ2v) is 13.1. The third kappa shape index (κ3) is 6.18. The molecule has 0 aromatic carbocycles. The molecule has 0 fully saturated rings. The summed E-state index contributed by atoms with van der Waals surface area (Å²) in [6.45, 7) is 4.12. The molecule has 3 aromatic rings. The quantitative estimate of drug-likeness (QED) is 0.121. The van der Waals surface area contributed by atoms with Crippen molar-refractivity contribution in [2.45, 2.75) is 13.8 Å². The molecular formula is C32H22N6S5. The number of hydrogen-bond donors (Lipinski definition) is 4. The lowest BCUT2D eigenvalue weighted by Gasteiger charge is -2.10. The number of aryl methyl sites for hydroxylation is 2. The van der Waals surface area contributed by atoms with Crippen molar-refractivity contribution in [1.29, 1.82) is 21.3 Å². The van der Waals surface area contributed by atoms with E-state index < -0.39 is 0 Å². The van der Waals surface area contributed by atoms with E-state index in [1.165, 1.54) is 0 Å². The van der Waals surface area contributed by atoms with Crippen LogP contribution in [0.15, 0.2) is 91.8 Å². The zero-order chi connectivity index (χ0) is 30.7. The first-order valence-corrected chi connectivity index (χ1v) is 16.0. The first-order chi connectivity index (χ1) is 20.8. The Hall–Kier alpha value is -4.10. The minimum atomic E-state index is 0.172. The molecule has 0 amide bonds. The molecule has 43 heavy (non-hydrogen) atoms. The number of hydrogen-bond acceptors (Lipinski definition) is 11. The highest BCUT2D eigenvalue weighted by atomic mass is 32.1. The third-order valence-corrected chi connectivity index (χ3v) is 10.9. The maximum absolute atomic E-state index is 9.87. The maximum atomic E-state index is 9.87. The van der Waals surface area contributed by atoms with Crippen LogP contribution in [0, 0.1) is 47.3 Å². The Morgan fingerprint density at radius 2 is 1.16 bits per heavy atom. The molecule has 210 valence electrons. The van der Waals surface area contributed by atoms with E-state index in [0.29, 0.717) is 33.7 Å². The number of nitrogens with zero attached hydrogens (tertiary/aromatic N) is 4. The molecule has 0 atom stereocenters. The second-order valence-electron chi connectivity index (χ2n) is 9.42. The van der Waals surface area contributed by atoms with E-state index in [4.69, 9.17) is 10.8 Å². The average molecular weight is 651 g/mol. The molecule has 0 saturated carbocycles.